The topological polar surface area (TPSA) is 47.0 Å². The van der Waals surface area contributed by atoms with Crippen molar-refractivity contribution >= 4 is 27.6 Å². The van der Waals surface area contributed by atoms with Gasteiger partial charge in [-0.15, -0.1) is 0 Å². The Morgan fingerprint density at radius 3 is 1.69 bits per heavy atom. The number of carbonyl (C=O) groups is 1. The molecule has 2 amide bonds. The Balaban J connectivity index is 1.33. The number of hydrogen-bond acceptors (Lipinski definition) is 3. The summed E-state index contributed by atoms with van der Waals surface area (Å²) in [6.45, 7) is 1.62. The van der Waals surface area contributed by atoms with Crippen molar-refractivity contribution in [2.24, 2.45) is 0 Å². The molecular formula is C40H37N3O2. The van der Waals surface area contributed by atoms with Crippen molar-refractivity contribution in [2.75, 3.05) is 6.54 Å². The summed E-state index contributed by atoms with van der Waals surface area (Å²) >= 11 is 0. The largest absolute Gasteiger partial charge is 0.390 e. The molecule has 1 aliphatic rings. The third-order valence-electron chi connectivity index (χ3n) is 8.97. The highest BCUT2D eigenvalue weighted by atomic mass is 16.3. The maximum absolute atomic E-state index is 15.1. The number of amides is 2. The summed E-state index contributed by atoms with van der Waals surface area (Å²) in [5, 5.41) is 20.5. The highest BCUT2D eigenvalue weighted by Gasteiger charge is 2.40. The van der Waals surface area contributed by atoms with Crippen LogP contribution in [0.4, 0.5) is 4.79 Å². The van der Waals surface area contributed by atoms with Crippen LogP contribution in [-0.4, -0.2) is 44.7 Å². The number of nitrogens with zero attached hydrogens (tertiary/aromatic N) is 3. The third-order valence-corrected chi connectivity index (χ3v) is 8.97. The smallest absolute Gasteiger partial charge is 0.335 e. The van der Waals surface area contributed by atoms with Crippen LogP contribution in [0.25, 0.3) is 21.5 Å². The van der Waals surface area contributed by atoms with Gasteiger partial charge >= 0.3 is 6.03 Å². The van der Waals surface area contributed by atoms with Gasteiger partial charge in [-0.3, -0.25) is 5.01 Å². The second kappa shape index (κ2) is 12.9. The van der Waals surface area contributed by atoms with E-state index < -0.39 is 12.1 Å². The van der Waals surface area contributed by atoms with Gasteiger partial charge in [0.2, 0.25) is 0 Å². The molecule has 0 bridgehead atoms. The molecule has 1 aliphatic heterocycles. The maximum Gasteiger partial charge on any atom is 0.335 e. The Morgan fingerprint density at radius 1 is 0.556 bits per heavy atom. The molecule has 1 heterocycles. The molecule has 7 rings (SSSR count). The number of aliphatic hydroxyl groups is 1. The molecule has 0 saturated carbocycles. The van der Waals surface area contributed by atoms with Crippen molar-refractivity contribution in [3.63, 3.8) is 0 Å². The first-order valence-electron chi connectivity index (χ1n) is 15.7. The number of β-amino-alcohol motifs (C(OH)–C–C–N with tert-alkyl or cyclic N) is 1. The normalized spacial score (nSPS) is 17.6. The van der Waals surface area contributed by atoms with Crippen LogP contribution in [-0.2, 0) is 26.1 Å². The van der Waals surface area contributed by atoms with Gasteiger partial charge in [0.05, 0.1) is 18.7 Å². The molecule has 224 valence electrons. The average Bonchev–Trinajstić information content (AvgIpc) is 3.16. The first kappa shape index (κ1) is 28.8. The second-order valence-electron chi connectivity index (χ2n) is 11.9. The van der Waals surface area contributed by atoms with E-state index in [1.165, 1.54) is 0 Å². The Morgan fingerprint density at radius 2 is 1.07 bits per heavy atom. The van der Waals surface area contributed by atoms with Crippen molar-refractivity contribution < 1.29 is 9.90 Å². The molecule has 1 fully saturated rings. The first-order chi connectivity index (χ1) is 22.1. The van der Waals surface area contributed by atoms with E-state index in [2.05, 4.69) is 84.9 Å². The predicted molar refractivity (Wildman–Crippen MR) is 181 cm³/mol. The third kappa shape index (κ3) is 6.18. The number of benzene rings is 6. The van der Waals surface area contributed by atoms with Crippen molar-refractivity contribution in [1.29, 1.82) is 0 Å². The molecule has 1 saturated heterocycles. The first-order valence-corrected chi connectivity index (χ1v) is 15.7. The van der Waals surface area contributed by atoms with E-state index in [4.69, 9.17) is 0 Å². The number of carbonyl (C=O) groups excluding carboxylic acids is 1. The standard InChI is InChI=1S/C40H37N3O2/c44-39-29-41(26-31-15-5-2-6-16-31)43(28-35-22-12-20-33-18-8-10-24-37(33)35)40(45)42(38(39)25-30-13-3-1-4-14-30)27-34-21-11-19-32-17-7-9-23-36(32)34/h1-24,38-39,44H,25-29H2/t38-,39-/m0/s1. The maximum atomic E-state index is 15.1. The molecule has 5 heteroatoms. The van der Waals surface area contributed by atoms with Gasteiger partial charge in [-0.1, -0.05) is 146 Å². The van der Waals surface area contributed by atoms with Gasteiger partial charge in [0, 0.05) is 19.6 Å². The number of fused-ring (bicyclic) bond motifs is 2. The van der Waals surface area contributed by atoms with E-state index in [0.29, 0.717) is 32.6 Å². The highest BCUT2D eigenvalue weighted by molar-refractivity contribution is 5.87. The average molecular weight is 592 g/mol. The van der Waals surface area contributed by atoms with E-state index in [0.717, 1.165) is 43.8 Å². The van der Waals surface area contributed by atoms with Crippen LogP contribution < -0.4 is 0 Å². The van der Waals surface area contributed by atoms with Gasteiger partial charge in [-0.05, 0) is 50.2 Å². The summed E-state index contributed by atoms with van der Waals surface area (Å²) in [6.07, 6.45) is -0.217. The minimum Gasteiger partial charge on any atom is -0.390 e. The minimum atomic E-state index is -0.773. The van der Waals surface area contributed by atoms with Gasteiger partial charge < -0.3 is 10.0 Å². The Kier molecular flexibility index (Phi) is 8.28. The number of urea groups is 1. The highest BCUT2D eigenvalue weighted by Crippen LogP contribution is 2.29. The molecule has 0 unspecified atom stereocenters. The van der Waals surface area contributed by atoms with E-state index in [-0.39, 0.29) is 6.03 Å². The molecule has 0 aromatic heterocycles. The van der Waals surface area contributed by atoms with Crippen molar-refractivity contribution in [3.8, 4) is 0 Å². The molecule has 1 N–H and O–H groups in total. The molecular weight excluding hydrogens is 554 g/mol. The molecule has 0 spiro atoms. The van der Waals surface area contributed by atoms with Crippen molar-refractivity contribution in [1.82, 2.24) is 14.9 Å². The number of hydrogen-bond donors (Lipinski definition) is 1. The van der Waals surface area contributed by atoms with E-state index in [1.54, 1.807) is 0 Å². The summed E-state index contributed by atoms with van der Waals surface area (Å²) in [4.78, 5) is 17.0. The number of aliphatic hydroxyl groups excluding tert-OH is 1. The zero-order valence-corrected chi connectivity index (χ0v) is 25.2. The Bertz CT molecular complexity index is 1900. The fourth-order valence-electron chi connectivity index (χ4n) is 6.66. The van der Waals surface area contributed by atoms with Crippen LogP contribution >= 0.6 is 0 Å². The molecule has 2 atom stereocenters. The van der Waals surface area contributed by atoms with Crippen LogP contribution in [0, 0.1) is 0 Å². The lowest BCUT2D eigenvalue weighted by molar-refractivity contribution is -0.0211. The van der Waals surface area contributed by atoms with Gasteiger partial charge in [-0.25, -0.2) is 9.80 Å². The fraction of sp³-hybridized carbons (Fsp3) is 0.175. The lowest BCUT2D eigenvalue weighted by atomic mass is 9.98. The zero-order chi connectivity index (χ0) is 30.6. The van der Waals surface area contributed by atoms with E-state index in [1.807, 2.05) is 75.6 Å². The van der Waals surface area contributed by atoms with Crippen LogP contribution in [0.15, 0.2) is 146 Å². The summed E-state index contributed by atoms with van der Waals surface area (Å²) < 4.78 is 0. The number of rotatable bonds is 8. The van der Waals surface area contributed by atoms with Crippen LogP contribution in [0.5, 0.6) is 0 Å². The fourth-order valence-corrected chi connectivity index (χ4v) is 6.66. The molecule has 0 radical (unpaired) electrons. The van der Waals surface area contributed by atoms with Crippen molar-refractivity contribution in [3.05, 3.63) is 168 Å². The van der Waals surface area contributed by atoms with Crippen LogP contribution in [0.1, 0.15) is 22.3 Å². The zero-order valence-electron chi connectivity index (χ0n) is 25.2. The Hall–Kier alpha value is -4.97. The predicted octanol–water partition coefficient (Wildman–Crippen LogP) is 7.82. The van der Waals surface area contributed by atoms with Crippen molar-refractivity contribution in [2.45, 2.75) is 38.2 Å². The quantitative estimate of drug-likeness (QED) is 0.196. The molecule has 5 nitrogen and oxygen atoms in total. The summed E-state index contributed by atoms with van der Waals surface area (Å²) in [6, 6.07) is 49.0. The van der Waals surface area contributed by atoms with Crippen LogP contribution in [0.2, 0.25) is 0 Å². The van der Waals surface area contributed by atoms with Gasteiger partial charge in [0.25, 0.3) is 0 Å². The molecule has 45 heavy (non-hydrogen) atoms. The minimum absolute atomic E-state index is 0.107. The SMILES string of the molecule is O=C1N(Cc2cccc3ccccc23)[C@@H](Cc2ccccc2)[C@@H](O)CN(Cc2ccccc2)N1Cc1cccc2ccccc12. The summed E-state index contributed by atoms with van der Waals surface area (Å²) in [5.74, 6) is 0. The van der Waals surface area contributed by atoms with Gasteiger partial charge in [0.1, 0.15) is 0 Å². The summed E-state index contributed by atoms with van der Waals surface area (Å²) in [5.41, 5.74) is 4.31. The van der Waals surface area contributed by atoms with Crippen LogP contribution in [0.3, 0.4) is 0 Å². The Labute approximate surface area is 264 Å². The van der Waals surface area contributed by atoms with E-state index in [9.17, 15) is 5.11 Å². The molecule has 0 aliphatic carbocycles. The van der Waals surface area contributed by atoms with E-state index >= 15 is 4.79 Å². The molecule has 6 aromatic rings. The molecule has 6 aromatic carbocycles. The summed E-state index contributed by atoms with van der Waals surface area (Å²) in [7, 11) is 0. The monoisotopic (exact) mass is 591 g/mol. The number of hydrazine groups is 1. The van der Waals surface area contributed by atoms with Gasteiger partial charge in [-0.2, -0.15) is 0 Å². The lowest BCUT2D eigenvalue weighted by Crippen LogP contribution is -2.51. The lowest BCUT2D eigenvalue weighted by Gasteiger charge is -2.37. The second-order valence-corrected chi connectivity index (χ2v) is 11.9. The van der Waals surface area contributed by atoms with Gasteiger partial charge in [0.15, 0.2) is 0 Å².